The molecule has 20 heavy (non-hydrogen) atoms. The van der Waals surface area contributed by atoms with Gasteiger partial charge in [-0.1, -0.05) is 0 Å². The number of nitrogens with zero attached hydrogens (tertiary/aromatic N) is 1. The highest BCUT2D eigenvalue weighted by Crippen LogP contribution is 2.26. The first-order chi connectivity index (χ1) is 9.21. The summed E-state index contributed by atoms with van der Waals surface area (Å²) in [6.45, 7) is 8.81. The molecule has 6 heteroatoms. The molecule has 0 spiro atoms. The van der Waals surface area contributed by atoms with E-state index in [1.807, 2.05) is 0 Å². The van der Waals surface area contributed by atoms with Crippen molar-refractivity contribution in [3.8, 4) is 0 Å². The van der Waals surface area contributed by atoms with Crippen molar-refractivity contribution in [2.45, 2.75) is 51.7 Å². The second kappa shape index (κ2) is 5.43. The average Bonchev–Trinajstić information content (AvgIpc) is 2.98. The van der Waals surface area contributed by atoms with E-state index in [0.29, 0.717) is 5.66 Å². The largest absolute Gasteiger partial charge is 0.529 e. The summed E-state index contributed by atoms with van der Waals surface area (Å²) in [6.07, 6.45) is 4.01. The Morgan fingerprint density at radius 3 is 2.40 bits per heavy atom. The maximum atomic E-state index is 10.1. The molecule has 112 valence electrons. The standard InChI is InChI=1S/C14H24BNO4/c1-13(2,17)14(3,4)20-15(18)12-9-11(10-19-12)16-7-5-6-8-16/h9-10,17-18H,5-8H2,1-4H3. The summed E-state index contributed by atoms with van der Waals surface area (Å²) in [5.41, 5.74) is -0.629. The predicted octanol–water partition coefficient (Wildman–Crippen LogP) is 1.13. The molecular formula is C14H24BNO4. The average molecular weight is 281 g/mol. The van der Waals surface area contributed by atoms with Gasteiger partial charge in [-0.3, -0.25) is 0 Å². The minimum absolute atomic E-state index is 0.365. The van der Waals surface area contributed by atoms with Gasteiger partial charge in [0.1, 0.15) is 11.9 Å². The summed E-state index contributed by atoms with van der Waals surface area (Å²) in [5, 5.41) is 20.2. The van der Waals surface area contributed by atoms with Crippen molar-refractivity contribution >= 4 is 18.5 Å². The monoisotopic (exact) mass is 281 g/mol. The van der Waals surface area contributed by atoms with E-state index in [0.717, 1.165) is 18.8 Å². The maximum Gasteiger partial charge on any atom is 0.529 e. The molecule has 0 amide bonds. The predicted molar refractivity (Wildman–Crippen MR) is 79.2 cm³/mol. The second-order valence-corrected chi connectivity index (χ2v) is 6.44. The van der Waals surface area contributed by atoms with Crippen molar-refractivity contribution in [2.75, 3.05) is 18.0 Å². The van der Waals surface area contributed by atoms with E-state index in [1.54, 1.807) is 40.0 Å². The van der Waals surface area contributed by atoms with Crippen molar-refractivity contribution in [3.05, 3.63) is 12.3 Å². The van der Waals surface area contributed by atoms with Gasteiger partial charge in [0.05, 0.1) is 16.9 Å². The second-order valence-electron chi connectivity index (χ2n) is 6.44. The lowest BCUT2D eigenvalue weighted by molar-refractivity contribution is -0.0986. The highest BCUT2D eigenvalue weighted by atomic mass is 16.6. The fourth-order valence-electron chi connectivity index (χ4n) is 2.09. The molecule has 5 nitrogen and oxygen atoms in total. The van der Waals surface area contributed by atoms with Gasteiger partial charge < -0.3 is 24.1 Å². The Kier molecular flexibility index (Phi) is 4.18. The van der Waals surface area contributed by atoms with Gasteiger partial charge in [0, 0.05) is 13.1 Å². The number of furan rings is 1. The zero-order valence-electron chi connectivity index (χ0n) is 12.7. The molecule has 2 rings (SSSR count). The molecular weight excluding hydrogens is 257 g/mol. The Morgan fingerprint density at radius 2 is 1.85 bits per heavy atom. The van der Waals surface area contributed by atoms with Crippen LogP contribution in [0.2, 0.25) is 0 Å². The SMILES string of the molecule is CC(C)(O)C(C)(C)OB(O)c1cc(N2CCCC2)co1. The van der Waals surface area contributed by atoms with E-state index < -0.39 is 18.3 Å². The Bertz CT molecular complexity index is 446. The van der Waals surface area contributed by atoms with Gasteiger partial charge in [-0.15, -0.1) is 0 Å². The Balaban J connectivity index is 2.04. The molecule has 0 bridgehead atoms. The van der Waals surface area contributed by atoms with Crippen LogP contribution < -0.4 is 10.6 Å². The van der Waals surface area contributed by atoms with Crippen molar-refractivity contribution in [1.29, 1.82) is 0 Å². The van der Waals surface area contributed by atoms with Crippen LogP contribution in [0.4, 0.5) is 5.69 Å². The molecule has 2 heterocycles. The quantitative estimate of drug-likeness (QED) is 0.792. The minimum atomic E-state index is -1.19. The Hall–Kier alpha value is -0.975. The summed E-state index contributed by atoms with van der Waals surface area (Å²) in [6, 6.07) is 1.80. The molecule has 0 aliphatic carbocycles. The van der Waals surface area contributed by atoms with Gasteiger partial charge in [0.25, 0.3) is 0 Å². The molecule has 1 aromatic heterocycles. The summed E-state index contributed by atoms with van der Waals surface area (Å²) >= 11 is 0. The topological polar surface area (TPSA) is 66.1 Å². The fourth-order valence-corrected chi connectivity index (χ4v) is 2.09. The summed E-state index contributed by atoms with van der Waals surface area (Å²) in [7, 11) is -1.19. The first-order valence-electron chi connectivity index (χ1n) is 7.12. The number of hydrogen-bond donors (Lipinski definition) is 2. The van der Waals surface area contributed by atoms with Crippen molar-refractivity contribution in [3.63, 3.8) is 0 Å². The zero-order chi connectivity index (χ0) is 15.0. The lowest BCUT2D eigenvalue weighted by atomic mass is 9.81. The van der Waals surface area contributed by atoms with Gasteiger partial charge in [-0.05, 0) is 46.6 Å². The van der Waals surface area contributed by atoms with Gasteiger partial charge in [0.15, 0.2) is 0 Å². The number of anilines is 1. The Labute approximate surface area is 120 Å². The summed E-state index contributed by atoms with van der Waals surface area (Å²) in [4.78, 5) is 2.22. The van der Waals surface area contributed by atoms with E-state index in [9.17, 15) is 10.1 Å². The summed E-state index contributed by atoms with van der Waals surface area (Å²) in [5.74, 6) is 0. The van der Waals surface area contributed by atoms with Gasteiger partial charge in [-0.2, -0.15) is 0 Å². The van der Waals surface area contributed by atoms with E-state index in [1.165, 1.54) is 12.8 Å². The third kappa shape index (κ3) is 3.19. The van der Waals surface area contributed by atoms with Gasteiger partial charge >= 0.3 is 7.12 Å². The molecule has 1 aliphatic heterocycles. The number of hydrogen-bond acceptors (Lipinski definition) is 5. The number of aliphatic hydroxyl groups is 1. The van der Waals surface area contributed by atoms with Crippen LogP contribution in [0.5, 0.6) is 0 Å². The van der Waals surface area contributed by atoms with E-state index in [2.05, 4.69) is 4.90 Å². The van der Waals surface area contributed by atoms with Crippen LogP contribution >= 0.6 is 0 Å². The molecule has 1 aliphatic rings. The van der Waals surface area contributed by atoms with E-state index in [4.69, 9.17) is 9.07 Å². The first-order valence-corrected chi connectivity index (χ1v) is 7.12. The molecule has 0 radical (unpaired) electrons. The van der Waals surface area contributed by atoms with Crippen LogP contribution in [0.3, 0.4) is 0 Å². The van der Waals surface area contributed by atoms with Crippen LogP contribution in [0.1, 0.15) is 40.5 Å². The van der Waals surface area contributed by atoms with Crippen LogP contribution in [0.15, 0.2) is 16.7 Å². The molecule has 0 saturated carbocycles. The highest BCUT2D eigenvalue weighted by Gasteiger charge is 2.40. The van der Waals surface area contributed by atoms with Gasteiger partial charge in [-0.25, -0.2) is 0 Å². The van der Waals surface area contributed by atoms with Crippen molar-refractivity contribution < 1.29 is 19.2 Å². The van der Waals surface area contributed by atoms with Crippen LogP contribution in [-0.2, 0) is 4.65 Å². The van der Waals surface area contributed by atoms with E-state index >= 15 is 0 Å². The van der Waals surface area contributed by atoms with Crippen molar-refractivity contribution in [1.82, 2.24) is 0 Å². The fraction of sp³-hybridized carbons (Fsp3) is 0.714. The zero-order valence-corrected chi connectivity index (χ0v) is 12.7. The molecule has 2 N–H and O–H groups in total. The molecule has 0 unspecified atom stereocenters. The number of rotatable bonds is 5. The molecule has 1 fully saturated rings. The summed E-state index contributed by atoms with van der Waals surface area (Å²) < 4.78 is 11.0. The van der Waals surface area contributed by atoms with Crippen LogP contribution in [0.25, 0.3) is 0 Å². The molecule has 1 saturated heterocycles. The van der Waals surface area contributed by atoms with Gasteiger partial charge in [0.2, 0.25) is 0 Å². The van der Waals surface area contributed by atoms with Crippen molar-refractivity contribution in [2.24, 2.45) is 0 Å². The highest BCUT2D eigenvalue weighted by molar-refractivity contribution is 6.58. The van der Waals surface area contributed by atoms with E-state index in [-0.39, 0.29) is 0 Å². The lowest BCUT2D eigenvalue weighted by Gasteiger charge is -2.38. The maximum absolute atomic E-state index is 10.1. The lowest BCUT2D eigenvalue weighted by Crippen LogP contribution is -2.52. The van der Waals surface area contributed by atoms with Crippen LogP contribution in [0, 0.1) is 0 Å². The minimum Gasteiger partial charge on any atom is -0.471 e. The first kappa shape index (κ1) is 15.4. The van der Waals surface area contributed by atoms with Crippen LogP contribution in [-0.4, -0.2) is 41.5 Å². The molecule has 0 atom stereocenters. The molecule has 0 aromatic carbocycles. The smallest absolute Gasteiger partial charge is 0.471 e. The third-order valence-corrected chi connectivity index (χ3v) is 4.20. The normalized spacial score (nSPS) is 16.8. The Morgan fingerprint density at radius 1 is 1.25 bits per heavy atom. The molecule has 1 aromatic rings. The third-order valence-electron chi connectivity index (χ3n) is 4.20.